The number of hydrogen-bond donors (Lipinski definition) is 0. The van der Waals surface area contributed by atoms with Gasteiger partial charge in [0.2, 0.25) is 0 Å². The van der Waals surface area contributed by atoms with Crippen LogP contribution < -0.4 is 10.2 Å². The molecule has 0 saturated carbocycles. The summed E-state index contributed by atoms with van der Waals surface area (Å²) < 4.78 is 11.9. The van der Waals surface area contributed by atoms with E-state index in [2.05, 4.69) is 48.8 Å². The Balaban J connectivity index is 1.71. The van der Waals surface area contributed by atoms with Crippen molar-refractivity contribution in [3.63, 3.8) is 0 Å². The molecule has 1 saturated heterocycles. The minimum absolute atomic E-state index is 0.000605. The van der Waals surface area contributed by atoms with Crippen molar-refractivity contribution in [2.75, 3.05) is 19.7 Å². The summed E-state index contributed by atoms with van der Waals surface area (Å²) >= 11 is 0. The van der Waals surface area contributed by atoms with E-state index in [0.29, 0.717) is 0 Å². The molecule has 1 aromatic carbocycles. The Hall–Kier alpha value is -0.565. The lowest BCUT2D eigenvalue weighted by Crippen LogP contribution is -2.45. The van der Waals surface area contributed by atoms with Gasteiger partial charge in [0.15, 0.2) is 0 Å². The molecule has 1 aliphatic heterocycles. The summed E-state index contributed by atoms with van der Waals surface area (Å²) in [6.07, 6.45) is 3.76. The molecule has 1 aliphatic rings. The second-order valence-corrected chi connectivity index (χ2v) is 9.71. The van der Waals surface area contributed by atoms with E-state index in [4.69, 9.17) is 9.39 Å². The van der Waals surface area contributed by atoms with Gasteiger partial charge in [0.1, 0.15) is 5.75 Å². The van der Waals surface area contributed by atoms with Crippen molar-refractivity contribution in [1.29, 1.82) is 0 Å². The summed E-state index contributed by atoms with van der Waals surface area (Å²) in [6, 6.07) is 8.87. The fourth-order valence-electron chi connectivity index (χ4n) is 2.79. The van der Waals surface area contributed by atoms with Crippen molar-refractivity contribution in [3.05, 3.63) is 24.3 Å². The fraction of sp³-hybridized carbons (Fsp3) is 0.700. The summed E-state index contributed by atoms with van der Waals surface area (Å²) in [5.41, 5.74) is 0.806. The van der Waals surface area contributed by atoms with Gasteiger partial charge in [-0.05, 0) is 58.7 Å². The largest absolute Gasteiger partial charge is 0.494 e. The third-order valence-corrected chi connectivity index (χ3v) is 6.17. The first-order chi connectivity index (χ1) is 11.7. The number of likely N-dealkylation sites (tertiary alicyclic amines) is 1. The molecule has 0 N–H and O–H groups in total. The highest BCUT2D eigenvalue weighted by Gasteiger charge is 2.33. The first kappa shape index (κ1) is 20.7. The zero-order valence-corrected chi connectivity index (χ0v) is 17.7. The van der Waals surface area contributed by atoms with Crippen LogP contribution in [-0.2, 0) is 4.65 Å². The lowest BCUT2D eigenvalue weighted by Gasteiger charge is -2.39. The summed E-state index contributed by atoms with van der Waals surface area (Å²) in [5, 5.41) is -0.000605. The molecule has 2 unspecified atom stereocenters. The number of nitrogens with zero attached hydrogens (tertiary/aromatic N) is 1. The maximum Gasteiger partial charge on any atom is 0.330 e. The van der Waals surface area contributed by atoms with Crippen LogP contribution in [0.2, 0.25) is 0 Å². The second-order valence-electron chi connectivity index (χ2n) is 8.27. The molecule has 1 aromatic rings. The quantitative estimate of drug-likeness (QED) is 0.380. The Morgan fingerprint density at radius 1 is 1.20 bits per heavy atom. The Bertz CT molecular complexity index is 527. The summed E-state index contributed by atoms with van der Waals surface area (Å²) in [4.78, 5) is 2.56. The van der Waals surface area contributed by atoms with E-state index < -0.39 is 0 Å². The van der Waals surface area contributed by atoms with E-state index in [9.17, 15) is 0 Å². The van der Waals surface area contributed by atoms with Crippen LogP contribution in [-0.4, -0.2) is 48.9 Å². The van der Waals surface area contributed by atoms with E-state index in [1.165, 1.54) is 19.4 Å². The van der Waals surface area contributed by atoms with Crippen LogP contribution in [0.1, 0.15) is 53.9 Å². The number of ether oxygens (including phenoxy) is 1. The molecule has 5 heteroatoms. The molecule has 0 spiro atoms. The highest BCUT2D eigenvalue weighted by Crippen LogP contribution is 2.33. The third kappa shape index (κ3) is 6.27. The summed E-state index contributed by atoms with van der Waals surface area (Å²) in [7, 11) is 4.69. The Labute approximate surface area is 157 Å². The average molecular weight is 362 g/mol. The minimum atomic E-state index is -0.250. The first-order valence-corrected chi connectivity index (χ1v) is 10.0. The van der Waals surface area contributed by atoms with Crippen LogP contribution in [0, 0.1) is 0 Å². The molecule has 1 radical (unpaired) electrons. The van der Waals surface area contributed by atoms with Crippen molar-refractivity contribution in [2.45, 2.75) is 70.7 Å². The van der Waals surface area contributed by atoms with Crippen molar-refractivity contribution >= 4 is 22.2 Å². The molecule has 1 fully saturated rings. The van der Waals surface area contributed by atoms with E-state index in [-0.39, 0.29) is 10.8 Å². The standard InChI is InChI=1S/C20H34BNO2P/c1-16-8-6-13-22(16)14-7-15-23-18-11-9-17(10-12-18)21-24-19(2,3)20(4,5)25/h9-12,16H,6-8,13-15,25H2,1-5H3. The lowest BCUT2D eigenvalue weighted by atomic mass is 9.84. The SMILES string of the molecule is CC1CCCN1CCCOc1ccc([B]OC(C)(C)C(C)(C)P)cc1. The molecule has 0 bridgehead atoms. The lowest BCUT2D eigenvalue weighted by molar-refractivity contribution is 0.0841. The van der Waals surface area contributed by atoms with Crippen molar-refractivity contribution in [2.24, 2.45) is 0 Å². The van der Waals surface area contributed by atoms with Crippen LogP contribution in [0.25, 0.3) is 0 Å². The molecule has 139 valence electrons. The molecular formula is C20H34BNO2P. The van der Waals surface area contributed by atoms with Gasteiger partial charge in [-0.1, -0.05) is 31.4 Å². The maximum atomic E-state index is 5.99. The molecule has 0 aliphatic carbocycles. The van der Waals surface area contributed by atoms with Crippen LogP contribution >= 0.6 is 9.24 Å². The number of rotatable bonds is 9. The monoisotopic (exact) mass is 362 g/mol. The van der Waals surface area contributed by atoms with E-state index in [1.807, 2.05) is 31.7 Å². The van der Waals surface area contributed by atoms with E-state index >= 15 is 0 Å². The zero-order valence-electron chi connectivity index (χ0n) is 16.5. The molecule has 25 heavy (non-hydrogen) atoms. The predicted molar refractivity (Wildman–Crippen MR) is 111 cm³/mol. The van der Waals surface area contributed by atoms with Crippen LogP contribution in [0.15, 0.2) is 24.3 Å². The topological polar surface area (TPSA) is 21.7 Å². The number of benzene rings is 1. The van der Waals surface area contributed by atoms with Gasteiger partial charge in [0, 0.05) is 17.7 Å². The van der Waals surface area contributed by atoms with E-state index in [1.54, 1.807) is 0 Å². The van der Waals surface area contributed by atoms with Gasteiger partial charge in [0.25, 0.3) is 0 Å². The normalized spacial score (nSPS) is 19.2. The number of hydrogen-bond acceptors (Lipinski definition) is 3. The molecule has 0 amide bonds. The molecule has 3 nitrogen and oxygen atoms in total. The van der Waals surface area contributed by atoms with E-state index in [0.717, 1.165) is 36.8 Å². The first-order valence-electron chi connectivity index (χ1n) is 9.46. The molecular weight excluding hydrogens is 328 g/mol. The second kappa shape index (κ2) is 8.89. The Kier molecular flexibility index (Phi) is 7.37. The van der Waals surface area contributed by atoms with Crippen LogP contribution in [0.4, 0.5) is 0 Å². The minimum Gasteiger partial charge on any atom is -0.494 e. The Morgan fingerprint density at radius 3 is 2.44 bits per heavy atom. The van der Waals surface area contributed by atoms with Gasteiger partial charge in [-0.15, -0.1) is 9.24 Å². The van der Waals surface area contributed by atoms with Crippen molar-refractivity contribution in [1.82, 2.24) is 4.90 Å². The van der Waals surface area contributed by atoms with Gasteiger partial charge in [-0.25, -0.2) is 0 Å². The smallest absolute Gasteiger partial charge is 0.330 e. The molecule has 1 heterocycles. The maximum absolute atomic E-state index is 5.99. The summed E-state index contributed by atoms with van der Waals surface area (Å²) in [6.45, 7) is 14.0. The molecule has 0 aromatic heterocycles. The average Bonchev–Trinajstić information content (AvgIpc) is 2.95. The van der Waals surface area contributed by atoms with Gasteiger partial charge in [-0.3, -0.25) is 0 Å². The molecule has 2 rings (SSSR count). The van der Waals surface area contributed by atoms with Crippen molar-refractivity contribution in [3.8, 4) is 5.75 Å². The van der Waals surface area contributed by atoms with Crippen molar-refractivity contribution < 1.29 is 9.39 Å². The fourth-order valence-corrected chi connectivity index (χ4v) is 2.86. The van der Waals surface area contributed by atoms with Gasteiger partial charge in [-0.2, -0.15) is 0 Å². The zero-order chi connectivity index (χ0) is 18.5. The highest BCUT2D eigenvalue weighted by molar-refractivity contribution is 7.19. The van der Waals surface area contributed by atoms with Gasteiger partial charge in [0.05, 0.1) is 12.2 Å². The van der Waals surface area contributed by atoms with Gasteiger partial charge < -0.3 is 14.3 Å². The van der Waals surface area contributed by atoms with Gasteiger partial charge >= 0.3 is 7.48 Å². The highest BCUT2D eigenvalue weighted by atomic mass is 31.0. The van der Waals surface area contributed by atoms with Crippen LogP contribution in [0.3, 0.4) is 0 Å². The van der Waals surface area contributed by atoms with Crippen LogP contribution in [0.5, 0.6) is 5.75 Å². The third-order valence-electron chi connectivity index (χ3n) is 5.47. The summed E-state index contributed by atoms with van der Waals surface area (Å²) in [5.74, 6) is 0.928. The molecule has 2 atom stereocenters. The Morgan fingerprint density at radius 2 is 1.88 bits per heavy atom. The predicted octanol–water partition coefficient (Wildman–Crippen LogP) is 3.63.